The summed E-state index contributed by atoms with van der Waals surface area (Å²) in [6.45, 7) is 2.43. The van der Waals surface area contributed by atoms with Crippen LogP contribution in [0.5, 0.6) is 0 Å². The van der Waals surface area contributed by atoms with E-state index in [2.05, 4.69) is 10.3 Å². The fraction of sp³-hybridized carbons (Fsp3) is 0.400. The van der Waals surface area contributed by atoms with Gasteiger partial charge < -0.3 is 0 Å². The van der Waals surface area contributed by atoms with Gasteiger partial charge in [0.05, 0.1) is 12.1 Å². The molecule has 1 fully saturated rings. The number of aromatic nitrogens is 3. The van der Waals surface area contributed by atoms with Crippen LogP contribution in [0.15, 0.2) is 24.3 Å². The van der Waals surface area contributed by atoms with Crippen molar-refractivity contribution >= 4 is 11.0 Å². The predicted molar refractivity (Wildman–Crippen MR) is 54.8 cm³/mol. The molecule has 5 nitrogen and oxygen atoms in total. The number of hydrogen-bond acceptors (Lipinski definition) is 4. The van der Waals surface area contributed by atoms with Crippen molar-refractivity contribution in [3.8, 4) is 0 Å². The molecular formula is C10H12N4O. The van der Waals surface area contributed by atoms with E-state index in [1.807, 2.05) is 34.0 Å². The minimum absolute atomic E-state index is 0.653. The quantitative estimate of drug-likeness (QED) is 0.732. The Balaban J connectivity index is 1.90. The highest BCUT2D eigenvalue weighted by atomic mass is 16.7. The highest BCUT2D eigenvalue weighted by molar-refractivity contribution is 5.73. The van der Waals surface area contributed by atoms with Crippen molar-refractivity contribution in [3.05, 3.63) is 24.3 Å². The van der Waals surface area contributed by atoms with E-state index in [-0.39, 0.29) is 0 Å². The van der Waals surface area contributed by atoms with Gasteiger partial charge in [0.2, 0.25) is 0 Å². The van der Waals surface area contributed by atoms with Crippen LogP contribution >= 0.6 is 0 Å². The molecule has 0 unspecified atom stereocenters. The summed E-state index contributed by atoms with van der Waals surface area (Å²) in [7, 11) is 0. The molecule has 0 saturated carbocycles. The lowest BCUT2D eigenvalue weighted by Gasteiger charge is -2.12. The van der Waals surface area contributed by atoms with E-state index < -0.39 is 0 Å². The second kappa shape index (κ2) is 3.60. The van der Waals surface area contributed by atoms with Crippen LogP contribution in [0.4, 0.5) is 0 Å². The zero-order valence-electron chi connectivity index (χ0n) is 8.33. The van der Waals surface area contributed by atoms with Gasteiger partial charge >= 0.3 is 0 Å². The number of fused-ring (bicyclic) bond motifs is 1. The van der Waals surface area contributed by atoms with Gasteiger partial charge in [-0.1, -0.05) is 17.3 Å². The van der Waals surface area contributed by atoms with Gasteiger partial charge in [0.1, 0.15) is 12.2 Å². The molecule has 15 heavy (non-hydrogen) atoms. The van der Waals surface area contributed by atoms with Gasteiger partial charge in [0.25, 0.3) is 0 Å². The lowest BCUT2D eigenvalue weighted by molar-refractivity contribution is -0.133. The van der Waals surface area contributed by atoms with Crippen molar-refractivity contribution in [3.63, 3.8) is 0 Å². The van der Waals surface area contributed by atoms with E-state index in [1.54, 1.807) is 0 Å². The van der Waals surface area contributed by atoms with Crippen molar-refractivity contribution in [2.45, 2.75) is 13.1 Å². The van der Waals surface area contributed by atoms with Gasteiger partial charge in [0, 0.05) is 6.54 Å². The number of nitrogens with zero attached hydrogens (tertiary/aromatic N) is 4. The Morgan fingerprint density at radius 3 is 3.13 bits per heavy atom. The van der Waals surface area contributed by atoms with E-state index in [1.165, 1.54) is 0 Å². The SMILES string of the molecule is c1ccc2c(c1)nnn2CN1CCCO1. The molecule has 1 aliphatic heterocycles. The molecule has 0 N–H and O–H groups in total. The van der Waals surface area contributed by atoms with E-state index in [4.69, 9.17) is 4.84 Å². The summed E-state index contributed by atoms with van der Waals surface area (Å²) in [6, 6.07) is 7.94. The minimum atomic E-state index is 0.653. The Morgan fingerprint density at radius 2 is 2.27 bits per heavy atom. The smallest absolute Gasteiger partial charge is 0.119 e. The second-order valence-corrected chi connectivity index (χ2v) is 3.61. The van der Waals surface area contributed by atoms with Gasteiger partial charge in [-0.15, -0.1) is 5.10 Å². The molecule has 2 aromatic rings. The zero-order valence-corrected chi connectivity index (χ0v) is 8.33. The van der Waals surface area contributed by atoms with Crippen LogP contribution in [0, 0.1) is 0 Å². The summed E-state index contributed by atoms with van der Waals surface area (Å²) >= 11 is 0. The van der Waals surface area contributed by atoms with Gasteiger partial charge in [0.15, 0.2) is 0 Å². The van der Waals surface area contributed by atoms with Crippen molar-refractivity contribution < 1.29 is 4.84 Å². The zero-order chi connectivity index (χ0) is 10.1. The monoisotopic (exact) mass is 204 g/mol. The van der Waals surface area contributed by atoms with Crippen molar-refractivity contribution in [2.75, 3.05) is 13.2 Å². The maximum absolute atomic E-state index is 5.42. The number of rotatable bonds is 2. The molecule has 3 rings (SSSR count). The highest BCUT2D eigenvalue weighted by Gasteiger charge is 2.14. The standard InChI is InChI=1S/C10H12N4O/c1-2-5-10-9(4-1)11-12-14(10)8-13-6-3-7-15-13/h1-2,4-5H,3,6-8H2. The molecule has 0 spiro atoms. The van der Waals surface area contributed by atoms with Crippen LogP contribution in [-0.4, -0.2) is 33.2 Å². The summed E-state index contributed by atoms with van der Waals surface area (Å²) in [4.78, 5) is 5.42. The van der Waals surface area contributed by atoms with Crippen molar-refractivity contribution in [2.24, 2.45) is 0 Å². The molecule has 0 aliphatic carbocycles. The largest absolute Gasteiger partial charge is 0.297 e. The maximum atomic E-state index is 5.42. The van der Waals surface area contributed by atoms with E-state index in [9.17, 15) is 0 Å². The summed E-state index contributed by atoms with van der Waals surface area (Å²) in [5.74, 6) is 0. The maximum Gasteiger partial charge on any atom is 0.119 e. The Bertz CT molecular complexity index is 461. The molecule has 1 saturated heterocycles. The first kappa shape index (κ1) is 8.82. The van der Waals surface area contributed by atoms with E-state index in [0.717, 1.165) is 30.6 Å². The van der Waals surface area contributed by atoms with Gasteiger partial charge in [-0.2, -0.15) is 5.06 Å². The van der Waals surface area contributed by atoms with Gasteiger partial charge in [-0.25, -0.2) is 4.68 Å². The lowest BCUT2D eigenvalue weighted by Crippen LogP contribution is -2.22. The van der Waals surface area contributed by atoms with Gasteiger partial charge in [-0.05, 0) is 18.6 Å². The van der Waals surface area contributed by atoms with Crippen LogP contribution in [0.1, 0.15) is 6.42 Å². The Hall–Kier alpha value is -1.46. The fourth-order valence-corrected chi connectivity index (χ4v) is 1.78. The molecule has 0 bridgehead atoms. The molecule has 1 aromatic carbocycles. The third-order valence-electron chi connectivity index (χ3n) is 2.54. The van der Waals surface area contributed by atoms with Crippen LogP contribution in [0.3, 0.4) is 0 Å². The normalized spacial score (nSPS) is 17.6. The molecule has 0 atom stereocenters. The molecule has 0 radical (unpaired) electrons. The summed E-state index contributed by atoms with van der Waals surface area (Å²) < 4.78 is 1.86. The van der Waals surface area contributed by atoms with Crippen LogP contribution in [0.25, 0.3) is 11.0 Å². The number of hydrogen-bond donors (Lipinski definition) is 0. The van der Waals surface area contributed by atoms with Crippen LogP contribution in [-0.2, 0) is 11.5 Å². The lowest BCUT2D eigenvalue weighted by atomic mass is 10.3. The number of benzene rings is 1. The fourth-order valence-electron chi connectivity index (χ4n) is 1.78. The van der Waals surface area contributed by atoms with E-state index in [0.29, 0.717) is 6.67 Å². The molecular weight excluding hydrogens is 192 g/mol. The first-order valence-electron chi connectivity index (χ1n) is 5.09. The Kier molecular flexibility index (Phi) is 2.12. The first-order valence-corrected chi connectivity index (χ1v) is 5.09. The topological polar surface area (TPSA) is 43.2 Å². The molecule has 1 aromatic heterocycles. The number of para-hydroxylation sites is 1. The average molecular weight is 204 g/mol. The number of hydroxylamine groups is 2. The molecule has 1 aliphatic rings. The summed E-state index contributed by atoms with van der Waals surface area (Å²) in [5.41, 5.74) is 1.98. The molecule has 5 heteroatoms. The minimum Gasteiger partial charge on any atom is -0.297 e. The summed E-state index contributed by atoms with van der Waals surface area (Å²) in [5, 5.41) is 10.1. The first-order chi connectivity index (χ1) is 7.43. The predicted octanol–water partition coefficient (Wildman–Crippen LogP) is 1.03. The Labute approximate surface area is 87.2 Å². The average Bonchev–Trinajstić information content (AvgIpc) is 2.89. The second-order valence-electron chi connectivity index (χ2n) is 3.61. The van der Waals surface area contributed by atoms with Crippen LogP contribution < -0.4 is 0 Å². The van der Waals surface area contributed by atoms with Crippen molar-refractivity contribution in [1.29, 1.82) is 0 Å². The Morgan fingerprint density at radius 1 is 1.33 bits per heavy atom. The molecule has 78 valence electrons. The molecule has 2 heterocycles. The molecule has 0 amide bonds. The van der Waals surface area contributed by atoms with Crippen LogP contribution in [0.2, 0.25) is 0 Å². The third kappa shape index (κ3) is 1.60. The highest BCUT2D eigenvalue weighted by Crippen LogP contribution is 2.12. The summed E-state index contributed by atoms with van der Waals surface area (Å²) in [6.07, 6.45) is 1.09. The van der Waals surface area contributed by atoms with Gasteiger partial charge in [-0.3, -0.25) is 4.84 Å². The van der Waals surface area contributed by atoms with E-state index >= 15 is 0 Å². The van der Waals surface area contributed by atoms with Crippen molar-refractivity contribution in [1.82, 2.24) is 20.1 Å². The third-order valence-corrected chi connectivity index (χ3v) is 2.54.